The maximum Gasteiger partial charge on any atom is 0.449 e. The Bertz CT molecular complexity index is 766. The van der Waals surface area contributed by atoms with Crippen molar-refractivity contribution in [2.45, 2.75) is 19.6 Å². The Hall–Kier alpha value is -2.06. The molecule has 0 unspecified atom stereocenters. The number of alkyl halides is 3. The van der Waals surface area contributed by atoms with Gasteiger partial charge in [0.2, 0.25) is 5.82 Å². The van der Waals surface area contributed by atoms with E-state index in [1.165, 1.54) is 7.05 Å². The van der Waals surface area contributed by atoms with Crippen LogP contribution in [0.2, 0.25) is 0 Å². The first kappa shape index (κ1) is 13.4. The van der Waals surface area contributed by atoms with Gasteiger partial charge in [0.15, 0.2) is 11.2 Å². The van der Waals surface area contributed by atoms with Gasteiger partial charge in [-0.1, -0.05) is 0 Å². The molecule has 0 saturated carbocycles. The molecule has 0 atom stereocenters. The van der Waals surface area contributed by atoms with Crippen LogP contribution in [-0.2, 0) is 26.8 Å². The maximum absolute atomic E-state index is 12.8. The van der Waals surface area contributed by atoms with Crippen molar-refractivity contribution in [2.75, 3.05) is 0 Å². The van der Waals surface area contributed by atoms with E-state index in [1.54, 1.807) is 6.92 Å². The van der Waals surface area contributed by atoms with Crippen LogP contribution in [0.25, 0.3) is 11.2 Å². The normalized spacial score (nSPS) is 12.3. The first-order valence-corrected chi connectivity index (χ1v) is 5.43. The monoisotopic (exact) mass is 276 g/mol. The minimum Gasteiger partial charge on any atom is -0.318 e. The van der Waals surface area contributed by atoms with E-state index in [0.717, 1.165) is 16.2 Å². The molecule has 19 heavy (non-hydrogen) atoms. The second-order valence-corrected chi connectivity index (χ2v) is 4.06. The Morgan fingerprint density at radius 1 is 1.16 bits per heavy atom. The molecule has 0 aliphatic carbocycles. The molecule has 0 saturated heterocycles. The van der Waals surface area contributed by atoms with E-state index in [-0.39, 0.29) is 17.7 Å². The fourth-order valence-electron chi connectivity index (χ4n) is 1.98. The molecule has 2 aromatic heterocycles. The van der Waals surface area contributed by atoms with Crippen molar-refractivity contribution >= 4 is 11.2 Å². The predicted octanol–water partition coefficient (Wildman–Crippen LogP) is 0.472. The number of nitrogens with zero attached hydrogens (tertiary/aromatic N) is 4. The summed E-state index contributed by atoms with van der Waals surface area (Å²) in [7, 11) is 2.38. The molecule has 0 N–H and O–H groups in total. The molecule has 0 aromatic carbocycles. The van der Waals surface area contributed by atoms with E-state index in [9.17, 15) is 22.8 Å². The van der Waals surface area contributed by atoms with Crippen molar-refractivity contribution in [3.63, 3.8) is 0 Å². The molecule has 0 amide bonds. The lowest BCUT2D eigenvalue weighted by atomic mass is 10.5. The third kappa shape index (κ3) is 1.76. The van der Waals surface area contributed by atoms with Crippen molar-refractivity contribution in [1.82, 2.24) is 18.7 Å². The highest BCUT2D eigenvalue weighted by molar-refractivity contribution is 5.71. The van der Waals surface area contributed by atoms with E-state index in [2.05, 4.69) is 4.98 Å². The highest BCUT2D eigenvalue weighted by atomic mass is 19.4. The molecule has 6 nitrogen and oxygen atoms in total. The van der Waals surface area contributed by atoms with Gasteiger partial charge in [-0.05, 0) is 6.92 Å². The third-order valence-corrected chi connectivity index (χ3v) is 2.93. The summed E-state index contributed by atoms with van der Waals surface area (Å²) in [4.78, 5) is 27.2. The van der Waals surface area contributed by atoms with Gasteiger partial charge in [-0.2, -0.15) is 13.2 Å². The van der Waals surface area contributed by atoms with Gasteiger partial charge < -0.3 is 4.57 Å². The summed E-state index contributed by atoms with van der Waals surface area (Å²) < 4.78 is 40.7. The first-order valence-electron chi connectivity index (χ1n) is 5.43. The Kier molecular flexibility index (Phi) is 2.79. The van der Waals surface area contributed by atoms with Gasteiger partial charge in [0.05, 0.1) is 0 Å². The molecule has 0 aliphatic rings. The number of hydrogen-bond donors (Lipinski definition) is 0. The second-order valence-electron chi connectivity index (χ2n) is 4.06. The second kappa shape index (κ2) is 3.97. The number of rotatable bonds is 1. The molecule has 0 aliphatic heterocycles. The summed E-state index contributed by atoms with van der Waals surface area (Å²) in [5.41, 5.74) is -1.97. The van der Waals surface area contributed by atoms with Crippen LogP contribution in [0.1, 0.15) is 12.7 Å². The fourth-order valence-corrected chi connectivity index (χ4v) is 1.98. The number of fused-ring (bicyclic) bond motifs is 1. The summed E-state index contributed by atoms with van der Waals surface area (Å²) in [6, 6.07) is 0. The number of hydrogen-bond acceptors (Lipinski definition) is 3. The minimum absolute atomic E-state index is 0.0774. The fraction of sp³-hybridized carbons (Fsp3) is 0.500. The highest BCUT2D eigenvalue weighted by Gasteiger charge is 2.38. The standard InChI is InChI=1S/C10H11F3N4O2/c1-4-17-7(18)5-6(16(3)9(17)19)14-8(15(5)2)10(11,12)13/h4H2,1-3H3. The molecule has 104 valence electrons. The van der Waals surface area contributed by atoms with E-state index in [1.807, 2.05) is 0 Å². The van der Waals surface area contributed by atoms with Crippen LogP contribution in [0.5, 0.6) is 0 Å². The van der Waals surface area contributed by atoms with E-state index in [4.69, 9.17) is 0 Å². The van der Waals surface area contributed by atoms with Crippen LogP contribution >= 0.6 is 0 Å². The smallest absolute Gasteiger partial charge is 0.318 e. The van der Waals surface area contributed by atoms with E-state index >= 15 is 0 Å². The minimum atomic E-state index is -4.69. The van der Waals surface area contributed by atoms with Gasteiger partial charge in [0.1, 0.15) is 0 Å². The summed E-state index contributed by atoms with van der Waals surface area (Å²) in [5, 5.41) is 0. The van der Waals surface area contributed by atoms with Gasteiger partial charge >= 0.3 is 11.9 Å². The third-order valence-electron chi connectivity index (χ3n) is 2.93. The Morgan fingerprint density at radius 3 is 2.21 bits per heavy atom. The summed E-state index contributed by atoms with van der Waals surface area (Å²) in [6.07, 6.45) is -4.69. The van der Waals surface area contributed by atoms with Crippen LogP contribution < -0.4 is 11.2 Å². The summed E-state index contributed by atoms with van der Waals surface area (Å²) in [5.74, 6) is -1.21. The van der Waals surface area contributed by atoms with Crippen molar-refractivity contribution in [1.29, 1.82) is 0 Å². The Labute approximate surface area is 104 Å². The largest absolute Gasteiger partial charge is 0.449 e. The molecular formula is C10H11F3N4O2. The lowest BCUT2D eigenvalue weighted by molar-refractivity contribution is -0.146. The van der Waals surface area contributed by atoms with Crippen LogP contribution in [0.4, 0.5) is 13.2 Å². The molecule has 0 radical (unpaired) electrons. The molecule has 9 heteroatoms. The van der Waals surface area contributed by atoms with Crippen molar-refractivity contribution in [2.24, 2.45) is 14.1 Å². The van der Waals surface area contributed by atoms with Crippen LogP contribution in [0, 0.1) is 0 Å². The molecule has 2 aromatic rings. The zero-order valence-electron chi connectivity index (χ0n) is 10.4. The van der Waals surface area contributed by atoms with Gasteiger partial charge in [-0.3, -0.25) is 13.9 Å². The topological polar surface area (TPSA) is 61.8 Å². The zero-order chi connectivity index (χ0) is 14.5. The molecular weight excluding hydrogens is 265 g/mol. The van der Waals surface area contributed by atoms with Crippen LogP contribution in [0.15, 0.2) is 9.59 Å². The van der Waals surface area contributed by atoms with Crippen molar-refractivity contribution in [3.05, 3.63) is 26.7 Å². The summed E-state index contributed by atoms with van der Waals surface area (Å²) >= 11 is 0. The van der Waals surface area contributed by atoms with Crippen molar-refractivity contribution in [3.8, 4) is 0 Å². The number of halogens is 3. The highest BCUT2D eigenvalue weighted by Crippen LogP contribution is 2.29. The maximum atomic E-state index is 12.8. The average molecular weight is 276 g/mol. The van der Waals surface area contributed by atoms with Crippen molar-refractivity contribution < 1.29 is 13.2 Å². The number of imidazole rings is 1. The lowest BCUT2D eigenvalue weighted by Gasteiger charge is -2.06. The van der Waals surface area contributed by atoms with Gasteiger partial charge in [0, 0.05) is 20.6 Å². The summed E-state index contributed by atoms with van der Waals surface area (Å²) in [6.45, 7) is 1.64. The quantitative estimate of drug-likeness (QED) is 0.760. The predicted molar refractivity (Wildman–Crippen MR) is 60.9 cm³/mol. The first-order chi connectivity index (χ1) is 8.70. The molecule has 0 spiro atoms. The molecule has 0 bridgehead atoms. The van der Waals surface area contributed by atoms with Gasteiger partial charge in [0.25, 0.3) is 5.56 Å². The Balaban J connectivity index is 3.06. The number of aryl methyl sites for hydroxylation is 2. The van der Waals surface area contributed by atoms with Gasteiger partial charge in [-0.25, -0.2) is 9.78 Å². The van der Waals surface area contributed by atoms with Crippen LogP contribution in [0.3, 0.4) is 0 Å². The average Bonchev–Trinajstić information content (AvgIpc) is 2.65. The molecule has 2 rings (SSSR count). The van der Waals surface area contributed by atoms with Crippen LogP contribution in [-0.4, -0.2) is 18.7 Å². The number of aromatic nitrogens is 4. The zero-order valence-corrected chi connectivity index (χ0v) is 10.4. The molecule has 2 heterocycles. The van der Waals surface area contributed by atoms with E-state index < -0.39 is 23.2 Å². The lowest BCUT2D eigenvalue weighted by Crippen LogP contribution is -2.39. The molecule has 0 fully saturated rings. The Morgan fingerprint density at radius 2 is 1.74 bits per heavy atom. The SMILES string of the molecule is CCn1c(=O)c2c(nc(C(F)(F)F)n2C)n(C)c1=O. The van der Waals surface area contributed by atoms with E-state index in [0.29, 0.717) is 4.57 Å². The van der Waals surface area contributed by atoms with Gasteiger partial charge in [-0.15, -0.1) is 0 Å².